The average Bonchev–Trinajstić information content (AvgIpc) is 3.31. The SMILES string of the molecule is Cc1noc(-c2c3c(nn2C)C2(C)CCC4(OCCO4)[C@@H](C)[C@@H]2CC3)n1. The van der Waals surface area contributed by atoms with E-state index in [0.717, 1.165) is 31.4 Å². The van der Waals surface area contributed by atoms with Gasteiger partial charge in [-0.2, -0.15) is 10.1 Å². The van der Waals surface area contributed by atoms with Crippen LogP contribution in [0.5, 0.6) is 0 Å². The van der Waals surface area contributed by atoms with Gasteiger partial charge in [-0.3, -0.25) is 4.68 Å². The number of nitrogens with zero attached hydrogens (tertiary/aromatic N) is 4. The van der Waals surface area contributed by atoms with Gasteiger partial charge in [0, 0.05) is 30.4 Å². The van der Waals surface area contributed by atoms with Crippen LogP contribution in [0.4, 0.5) is 0 Å². The molecule has 2 fully saturated rings. The molecule has 3 aliphatic rings. The molecule has 0 N–H and O–H groups in total. The molecule has 3 atom stereocenters. The first-order chi connectivity index (χ1) is 12.4. The summed E-state index contributed by atoms with van der Waals surface area (Å²) in [6, 6.07) is 0. The molecule has 0 aromatic carbocycles. The molecule has 1 aliphatic heterocycles. The Labute approximate surface area is 153 Å². The van der Waals surface area contributed by atoms with E-state index in [2.05, 4.69) is 24.0 Å². The normalized spacial score (nSPS) is 32.6. The summed E-state index contributed by atoms with van der Waals surface area (Å²) in [5.74, 6) is 1.69. The van der Waals surface area contributed by atoms with Gasteiger partial charge in [-0.15, -0.1) is 0 Å². The monoisotopic (exact) mass is 358 g/mol. The lowest BCUT2D eigenvalue weighted by molar-refractivity contribution is -0.234. The van der Waals surface area contributed by atoms with E-state index in [0.29, 0.717) is 36.8 Å². The third-order valence-corrected chi connectivity index (χ3v) is 7.01. The Bertz CT molecular complexity index is 851. The second kappa shape index (κ2) is 5.39. The van der Waals surface area contributed by atoms with Crippen molar-refractivity contribution in [2.24, 2.45) is 18.9 Å². The molecule has 2 aromatic heterocycles. The highest BCUT2D eigenvalue weighted by Crippen LogP contribution is 2.57. The number of fused-ring (bicyclic) bond motifs is 3. The fourth-order valence-electron chi connectivity index (χ4n) is 5.67. The first kappa shape index (κ1) is 16.4. The van der Waals surface area contributed by atoms with Gasteiger partial charge >= 0.3 is 0 Å². The average molecular weight is 358 g/mol. The van der Waals surface area contributed by atoms with Crippen LogP contribution in [0, 0.1) is 18.8 Å². The summed E-state index contributed by atoms with van der Waals surface area (Å²) in [5.41, 5.74) is 3.47. The van der Waals surface area contributed by atoms with Crippen LogP contribution in [0.25, 0.3) is 11.6 Å². The van der Waals surface area contributed by atoms with Crippen LogP contribution in [0.2, 0.25) is 0 Å². The summed E-state index contributed by atoms with van der Waals surface area (Å²) < 4.78 is 19.6. The second-order valence-corrected chi connectivity index (χ2v) is 8.31. The molecular weight excluding hydrogens is 332 g/mol. The van der Waals surface area contributed by atoms with E-state index < -0.39 is 0 Å². The van der Waals surface area contributed by atoms with Gasteiger partial charge in [0.15, 0.2) is 11.6 Å². The maximum atomic E-state index is 6.10. The van der Waals surface area contributed by atoms with Gasteiger partial charge < -0.3 is 14.0 Å². The Kier molecular flexibility index (Phi) is 3.41. The highest BCUT2D eigenvalue weighted by molar-refractivity contribution is 5.58. The van der Waals surface area contributed by atoms with E-state index in [1.165, 1.54) is 11.3 Å². The molecule has 1 unspecified atom stereocenters. The molecule has 0 bridgehead atoms. The molecule has 0 radical (unpaired) electrons. The zero-order chi connectivity index (χ0) is 18.1. The topological polar surface area (TPSA) is 75.2 Å². The molecular formula is C19H26N4O3. The standard InChI is InChI=1S/C19H26N4O3/c1-11-14-6-5-13-15(17-20-12(2)22-26-17)23(4)21-16(13)18(14,3)7-8-19(11)24-9-10-25-19/h11,14H,5-10H2,1-4H3/t11-,14-,18?/m0/s1. The second-order valence-electron chi connectivity index (χ2n) is 8.31. The lowest BCUT2D eigenvalue weighted by atomic mass is 9.55. The molecule has 1 saturated carbocycles. The summed E-state index contributed by atoms with van der Waals surface area (Å²) in [5, 5.41) is 8.91. The van der Waals surface area contributed by atoms with Crippen molar-refractivity contribution in [3.8, 4) is 11.6 Å². The van der Waals surface area contributed by atoms with Crippen molar-refractivity contribution in [2.45, 2.75) is 57.7 Å². The summed E-state index contributed by atoms with van der Waals surface area (Å²) in [6.07, 6.45) is 4.02. The maximum absolute atomic E-state index is 6.10. The Morgan fingerprint density at radius 1 is 1.19 bits per heavy atom. The van der Waals surface area contributed by atoms with E-state index >= 15 is 0 Å². The fraction of sp³-hybridized carbons (Fsp3) is 0.737. The van der Waals surface area contributed by atoms with Crippen LogP contribution in [0.15, 0.2) is 4.52 Å². The van der Waals surface area contributed by atoms with Gasteiger partial charge in [-0.05, 0) is 32.1 Å². The van der Waals surface area contributed by atoms with Gasteiger partial charge in [-0.25, -0.2) is 0 Å². The largest absolute Gasteiger partial charge is 0.347 e. The molecule has 1 spiro atoms. The summed E-state index contributed by atoms with van der Waals surface area (Å²) in [7, 11) is 1.97. The van der Waals surface area contributed by atoms with Gasteiger partial charge in [-0.1, -0.05) is 19.0 Å². The third-order valence-electron chi connectivity index (χ3n) is 7.01. The van der Waals surface area contributed by atoms with Crippen LogP contribution < -0.4 is 0 Å². The van der Waals surface area contributed by atoms with E-state index in [-0.39, 0.29) is 11.2 Å². The van der Waals surface area contributed by atoms with Gasteiger partial charge in [0.05, 0.1) is 18.9 Å². The van der Waals surface area contributed by atoms with Crippen molar-refractivity contribution in [3.63, 3.8) is 0 Å². The number of hydrogen-bond acceptors (Lipinski definition) is 6. The Morgan fingerprint density at radius 2 is 1.96 bits per heavy atom. The minimum absolute atomic E-state index is 0.0264. The highest BCUT2D eigenvalue weighted by Gasteiger charge is 2.58. The van der Waals surface area contributed by atoms with Crippen molar-refractivity contribution in [1.29, 1.82) is 0 Å². The van der Waals surface area contributed by atoms with E-state index in [1.54, 1.807) is 0 Å². The van der Waals surface area contributed by atoms with Crippen molar-refractivity contribution in [3.05, 3.63) is 17.1 Å². The maximum Gasteiger partial charge on any atom is 0.276 e. The van der Waals surface area contributed by atoms with E-state index in [1.807, 2.05) is 18.7 Å². The summed E-state index contributed by atoms with van der Waals surface area (Å²) >= 11 is 0. The predicted molar refractivity (Wildman–Crippen MR) is 93.4 cm³/mol. The van der Waals surface area contributed by atoms with E-state index in [4.69, 9.17) is 19.1 Å². The Hall–Kier alpha value is -1.73. The summed E-state index contributed by atoms with van der Waals surface area (Å²) in [6.45, 7) is 7.93. The van der Waals surface area contributed by atoms with Gasteiger partial charge in [0.1, 0.15) is 5.69 Å². The first-order valence-electron chi connectivity index (χ1n) is 9.59. The van der Waals surface area contributed by atoms with Crippen LogP contribution in [0.3, 0.4) is 0 Å². The van der Waals surface area contributed by atoms with Crippen LogP contribution >= 0.6 is 0 Å². The molecule has 2 aliphatic carbocycles. The number of hydrogen-bond donors (Lipinski definition) is 0. The van der Waals surface area contributed by atoms with E-state index in [9.17, 15) is 0 Å². The van der Waals surface area contributed by atoms with Crippen LogP contribution in [-0.4, -0.2) is 38.9 Å². The zero-order valence-electron chi connectivity index (χ0n) is 15.9. The number of ether oxygens (including phenoxy) is 2. The summed E-state index contributed by atoms with van der Waals surface area (Å²) in [4.78, 5) is 4.44. The fourth-order valence-corrected chi connectivity index (χ4v) is 5.67. The van der Waals surface area contributed by atoms with Crippen molar-refractivity contribution < 1.29 is 14.0 Å². The van der Waals surface area contributed by atoms with Gasteiger partial charge in [0.2, 0.25) is 0 Å². The number of aromatic nitrogens is 4. The van der Waals surface area contributed by atoms with Crippen molar-refractivity contribution in [1.82, 2.24) is 19.9 Å². The predicted octanol–water partition coefficient (Wildman–Crippen LogP) is 2.77. The first-order valence-corrected chi connectivity index (χ1v) is 9.59. The third kappa shape index (κ3) is 2.04. The van der Waals surface area contributed by atoms with Crippen molar-refractivity contribution >= 4 is 0 Å². The molecule has 5 rings (SSSR count). The molecule has 1 saturated heterocycles. The Balaban J connectivity index is 1.58. The van der Waals surface area contributed by atoms with Crippen LogP contribution in [-0.2, 0) is 28.4 Å². The molecule has 7 nitrogen and oxygen atoms in total. The molecule has 2 aromatic rings. The molecule has 26 heavy (non-hydrogen) atoms. The lowest BCUT2D eigenvalue weighted by Crippen LogP contribution is -2.55. The van der Waals surface area contributed by atoms with Crippen molar-refractivity contribution in [2.75, 3.05) is 13.2 Å². The molecule has 7 heteroatoms. The number of rotatable bonds is 1. The minimum Gasteiger partial charge on any atom is -0.347 e. The Morgan fingerprint density at radius 3 is 2.65 bits per heavy atom. The van der Waals surface area contributed by atoms with Gasteiger partial charge in [0.25, 0.3) is 5.89 Å². The smallest absolute Gasteiger partial charge is 0.276 e. The lowest BCUT2D eigenvalue weighted by Gasteiger charge is -2.53. The number of aryl methyl sites for hydroxylation is 2. The van der Waals surface area contributed by atoms with Crippen LogP contribution in [0.1, 0.15) is 50.2 Å². The highest BCUT2D eigenvalue weighted by atomic mass is 16.7. The molecule has 3 heterocycles. The molecule has 140 valence electrons. The quantitative estimate of drug-likeness (QED) is 0.780. The zero-order valence-corrected chi connectivity index (χ0v) is 15.9. The minimum atomic E-state index is -0.386. The molecule has 0 amide bonds.